The molecule has 0 unspecified atom stereocenters. The molecule has 1 rings (SSSR count). The van der Waals surface area contributed by atoms with E-state index < -0.39 is 5.97 Å². The molecule has 0 aliphatic rings. The standard InChI is InChI=1S/C6H7N3O2.ClH/c10-6(11)2-1-3-9-5-7-4-8-9;/h1-2,4-5H,3H2,(H,10,11);1H/b2-1+;. The van der Waals surface area contributed by atoms with Crippen molar-refractivity contribution < 1.29 is 9.90 Å². The van der Waals surface area contributed by atoms with E-state index in [2.05, 4.69) is 10.1 Å². The molecule has 0 saturated heterocycles. The number of nitrogens with zero attached hydrogens (tertiary/aromatic N) is 3. The highest BCUT2D eigenvalue weighted by molar-refractivity contribution is 5.85. The first-order valence-corrected chi connectivity index (χ1v) is 3.01. The van der Waals surface area contributed by atoms with Gasteiger partial charge in [-0.1, -0.05) is 6.08 Å². The Morgan fingerprint density at radius 1 is 1.67 bits per heavy atom. The van der Waals surface area contributed by atoms with Gasteiger partial charge in [0.1, 0.15) is 12.7 Å². The van der Waals surface area contributed by atoms with Crippen LogP contribution in [0.2, 0.25) is 0 Å². The minimum absolute atomic E-state index is 0. The number of rotatable bonds is 3. The molecule has 1 heterocycles. The first kappa shape index (κ1) is 10.6. The zero-order chi connectivity index (χ0) is 8.10. The molecule has 0 aromatic carbocycles. The number of carbonyl (C=O) groups is 1. The molecule has 0 aliphatic heterocycles. The van der Waals surface area contributed by atoms with Gasteiger partial charge in [0.25, 0.3) is 0 Å². The minimum atomic E-state index is -0.954. The van der Waals surface area contributed by atoms with Crippen LogP contribution in [0.15, 0.2) is 24.8 Å². The molecule has 0 aliphatic carbocycles. The van der Waals surface area contributed by atoms with E-state index in [4.69, 9.17) is 5.11 Å². The highest BCUT2D eigenvalue weighted by Gasteiger charge is 1.87. The fourth-order valence-electron chi connectivity index (χ4n) is 0.589. The molecule has 0 spiro atoms. The topological polar surface area (TPSA) is 68.0 Å². The molecule has 1 aromatic rings. The molecule has 0 bridgehead atoms. The molecule has 6 heteroatoms. The van der Waals surface area contributed by atoms with Crippen molar-refractivity contribution >= 4 is 18.4 Å². The van der Waals surface area contributed by atoms with Gasteiger partial charge >= 0.3 is 5.97 Å². The van der Waals surface area contributed by atoms with Crippen LogP contribution in [0.4, 0.5) is 0 Å². The molecule has 12 heavy (non-hydrogen) atoms. The normalized spacial score (nSPS) is 9.67. The quantitative estimate of drug-likeness (QED) is 0.697. The number of aromatic nitrogens is 3. The van der Waals surface area contributed by atoms with Gasteiger partial charge in [0, 0.05) is 6.08 Å². The lowest BCUT2D eigenvalue weighted by Gasteiger charge is -1.89. The number of halogens is 1. The van der Waals surface area contributed by atoms with Crippen LogP contribution in [0.25, 0.3) is 0 Å². The van der Waals surface area contributed by atoms with Crippen molar-refractivity contribution in [3.8, 4) is 0 Å². The molecule has 66 valence electrons. The second-order valence-electron chi connectivity index (χ2n) is 1.86. The number of aliphatic carboxylic acids is 1. The number of hydrogen-bond acceptors (Lipinski definition) is 3. The predicted molar refractivity (Wildman–Crippen MR) is 44.0 cm³/mol. The number of carboxylic acid groups (broad SMARTS) is 1. The van der Waals surface area contributed by atoms with Crippen LogP contribution < -0.4 is 0 Å². The molecule has 0 saturated carbocycles. The van der Waals surface area contributed by atoms with Gasteiger partial charge in [-0.25, -0.2) is 14.5 Å². The summed E-state index contributed by atoms with van der Waals surface area (Å²) in [5.74, 6) is -0.954. The van der Waals surface area contributed by atoms with E-state index in [-0.39, 0.29) is 12.4 Å². The summed E-state index contributed by atoms with van der Waals surface area (Å²) in [4.78, 5) is 13.7. The summed E-state index contributed by atoms with van der Waals surface area (Å²) < 4.78 is 1.53. The summed E-state index contributed by atoms with van der Waals surface area (Å²) >= 11 is 0. The van der Waals surface area contributed by atoms with Crippen molar-refractivity contribution in [2.45, 2.75) is 6.54 Å². The molecule has 1 N–H and O–H groups in total. The summed E-state index contributed by atoms with van der Waals surface area (Å²) in [7, 11) is 0. The molecular weight excluding hydrogens is 182 g/mol. The highest BCUT2D eigenvalue weighted by atomic mass is 35.5. The van der Waals surface area contributed by atoms with Crippen LogP contribution in [0, 0.1) is 0 Å². The van der Waals surface area contributed by atoms with Gasteiger partial charge in [0.05, 0.1) is 6.54 Å². The van der Waals surface area contributed by atoms with Crippen LogP contribution in [0.5, 0.6) is 0 Å². The molecule has 0 radical (unpaired) electrons. The van der Waals surface area contributed by atoms with Gasteiger partial charge in [0.2, 0.25) is 0 Å². The molecular formula is C6H8ClN3O2. The van der Waals surface area contributed by atoms with Crippen molar-refractivity contribution in [2.24, 2.45) is 0 Å². The lowest BCUT2D eigenvalue weighted by molar-refractivity contribution is -0.131. The maximum Gasteiger partial charge on any atom is 0.328 e. The molecule has 1 aromatic heterocycles. The smallest absolute Gasteiger partial charge is 0.328 e. The third-order valence-corrected chi connectivity index (χ3v) is 1.02. The van der Waals surface area contributed by atoms with E-state index in [9.17, 15) is 4.79 Å². The van der Waals surface area contributed by atoms with Crippen molar-refractivity contribution in [1.29, 1.82) is 0 Å². The fraction of sp³-hybridized carbons (Fsp3) is 0.167. The Labute approximate surface area is 75.1 Å². The monoisotopic (exact) mass is 189 g/mol. The zero-order valence-electron chi connectivity index (χ0n) is 6.12. The molecule has 5 nitrogen and oxygen atoms in total. The summed E-state index contributed by atoms with van der Waals surface area (Å²) in [5.41, 5.74) is 0. The van der Waals surface area contributed by atoms with Crippen LogP contribution in [-0.2, 0) is 11.3 Å². The Morgan fingerprint density at radius 2 is 2.42 bits per heavy atom. The molecule has 0 atom stereocenters. The SMILES string of the molecule is Cl.O=C(O)/C=C/Cn1cncn1. The number of carboxylic acids is 1. The first-order chi connectivity index (χ1) is 5.29. The van der Waals surface area contributed by atoms with Crippen molar-refractivity contribution in [1.82, 2.24) is 14.8 Å². The number of allylic oxidation sites excluding steroid dienone is 1. The third-order valence-electron chi connectivity index (χ3n) is 1.02. The van der Waals surface area contributed by atoms with Gasteiger partial charge in [-0.3, -0.25) is 0 Å². The lowest BCUT2D eigenvalue weighted by Crippen LogP contribution is -1.96. The maximum atomic E-state index is 10.00. The van der Waals surface area contributed by atoms with Crippen LogP contribution in [-0.4, -0.2) is 25.8 Å². The Kier molecular flexibility index (Phi) is 4.71. The van der Waals surface area contributed by atoms with Crippen LogP contribution in [0.1, 0.15) is 0 Å². The Balaban J connectivity index is 0.00000121. The first-order valence-electron chi connectivity index (χ1n) is 3.01. The summed E-state index contributed by atoms with van der Waals surface area (Å²) in [6.07, 6.45) is 5.49. The van der Waals surface area contributed by atoms with E-state index in [0.29, 0.717) is 6.54 Å². The lowest BCUT2D eigenvalue weighted by atomic mass is 10.5. The van der Waals surface area contributed by atoms with Crippen LogP contribution in [0.3, 0.4) is 0 Å². The molecule has 0 fully saturated rings. The average molecular weight is 190 g/mol. The highest BCUT2D eigenvalue weighted by Crippen LogP contribution is 1.81. The minimum Gasteiger partial charge on any atom is -0.478 e. The van der Waals surface area contributed by atoms with Gasteiger partial charge in [0.15, 0.2) is 0 Å². The largest absolute Gasteiger partial charge is 0.478 e. The van der Waals surface area contributed by atoms with E-state index >= 15 is 0 Å². The zero-order valence-corrected chi connectivity index (χ0v) is 6.94. The van der Waals surface area contributed by atoms with Crippen molar-refractivity contribution in [3.05, 3.63) is 24.8 Å². The summed E-state index contributed by atoms with van der Waals surface area (Å²) in [6.45, 7) is 0.437. The summed E-state index contributed by atoms with van der Waals surface area (Å²) in [6, 6.07) is 0. The summed E-state index contributed by atoms with van der Waals surface area (Å²) in [5, 5.41) is 12.0. The van der Waals surface area contributed by atoms with E-state index in [1.165, 1.54) is 23.4 Å². The average Bonchev–Trinajstić information content (AvgIpc) is 2.39. The Morgan fingerprint density at radius 3 is 2.92 bits per heavy atom. The molecule has 0 amide bonds. The Bertz CT molecular complexity index is 258. The van der Waals surface area contributed by atoms with Crippen LogP contribution >= 0.6 is 12.4 Å². The fourth-order valence-corrected chi connectivity index (χ4v) is 0.589. The van der Waals surface area contributed by atoms with E-state index in [1.807, 2.05) is 0 Å². The second-order valence-corrected chi connectivity index (χ2v) is 1.86. The van der Waals surface area contributed by atoms with Gasteiger partial charge in [-0.2, -0.15) is 5.10 Å². The second kappa shape index (κ2) is 5.31. The third kappa shape index (κ3) is 3.72. The van der Waals surface area contributed by atoms with Crippen molar-refractivity contribution in [2.75, 3.05) is 0 Å². The predicted octanol–water partition coefficient (Wildman–Crippen LogP) is 0.341. The van der Waals surface area contributed by atoms with Gasteiger partial charge in [-0.05, 0) is 0 Å². The van der Waals surface area contributed by atoms with E-state index in [0.717, 1.165) is 6.08 Å². The Hall–Kier alpha value is -1.36. The maximum absolute atomic E-state index is 10.00. The van der Waals surface area contributed by atoms with Gasteiger partial charge < -0.3 is 5.11 Å². The van der Waals surface area contributed by atoms with E-state index in [1.54, 1.807) is 0 Å². The number of hydrogen-bond donors (Lipinski definition) is 1. The van der Waals surface area contributed by atoms with Gasteiger partial charge in [-0.15, -0.1) is 12.4 Å². The van der Waals surface area contributed by atoms with Crippen molar-refractivity contribution in [3.63, 3.8) is 0 Å².